The molecule has 0 bridgehead atoms. The van der Waals surface area contributed by atoms with E-state index in [0.717, 1.165) is 23.2 Å². The number of rotatable bonds is 3. The maximum absolute atomic E-state index is 12.6. The molecule has 1 N–H and O–H groups in total. The van der Waals surface area contributed by atoms with Gasteiger partial charge in [0.2, 0.25) is 11.8 Å². The molecule has 112 valence electrons. The lowest BCUT2D eigenvalue weighted by Crippen LogP contribution is -2.31. The number of carbonyl (C=O) groups excluding carboxylic acids is 2. The first-order valence-corrected chi connectivity index (χ1v) is 7.24. The Hall–Kier alpha value is -2.69. The van der Waals surface area contributed by atoms with E-state index < -0.39 is 0 Å². The van der Waals surface area contributed by atoms with Gasteiger partial charge in [-0.05, 0) is 35.7 Å². The molecule has 0 atom stereocenters. The molecule has 1 aromatic heterocycles. The third-order valence-corrected chi connectivity index (χ3v) is 3.71. The summed E-state index contributed by atoms with van der Waals surface area (Å²) in [6.07, 6.45) is 4.51. The van der Waals surface area contributed by atoms with Crippen LogP contribution in [-0.4, -0.2) is 23.3 Å². The van der Waals surface area contributed by atoms with Gasteiger partial charge >= 0.3 is 0 Å². The minimum Gasteiger partial charge on any atom is -0.325 e. The van der Waals surface area contributed by atoms with Crippen LogP contribution < -0.4 is 10.2 Å². The van der Waals surface area contributed by atoms with Crippen LogP contribution in [0, 0.1) is 0 Å². The first-order valence-electron chi connectivity index (χ1n) is 7.24. The molecule has 5 nitrogen and oxygen atoms in total. The normalized spacial score (nSPS) is 12.9. The van der Waals surface area contributed by atoms with Crippen molar-refractivity contribution < 1.29 is 9.59 Å². The molecule has 0 fully saturated rings. The van der Waals surface area contributed by atoms with Crippen molar-refractivity contribution in [1.82, 2.24) is 4.98 Å². The van der Waals surface area contributed by atoms with Crippen molar-refractivity contribution >= 4 is 23.2 Å². The molecule has 5 heteroatoms. The molecule has 1 aliphatic heterocycles. The second-order valence-corrected chi connectivity index (χ2v) is 5.32. The molecule has 0 spiro atoms. The first-order chi connectivity index (χ1) is 10.6. The molecule has 2 heterocycles. The van der Waals surface area contributed by atoms with Gasteiger partial charge in [0, 0.05) is 25.9 Å². The molecule has 0 saturated heterocycles. The van der Waals surface area contributed by atoms with E-state index in [-0.39, 0.29) is 11.8 Å². The number of hydrogen-bond donors (Lipinski definition) is 1. The molecule has 2 amide bonds. The Morgan fingerprint density at radius 1 is 1.23 bits per heavy atom. The number of amides is 2. The summed E-state index contributed by atoms with van der Waals surface area (Å²) in [5, 5.41) is 2.81. The van der Waals surface area contributed by atoms with E-state index in [4.69, 9.17) is 0 Å². The third-order valence-electron chi connectivity index (χ3n) is 3.71. The van der Waals surface area contributed by atoms with Gasteiger partial charge in [-0.2, -0.15) is 0 Å². The van der Waals surface area contributed by atoms with Gasteiger partial charge < -0.3 is 10.2 Å². The van der Waals surface area contributed by atoms with E-state index in [1.54, 1.807) is 17.3 Å². The van der Waals surface area contributed by atoms with Gasteiger partial charge in [0.1, 0.15) is 0 Å². The average molecular weight is 295 g/mol. The van der Waals surface area contributed by atoms with Crippen molar-refractivity contribution in [2.75, 3.05) is 16.8 Å². The van der Waals surface area contributed by atoms with Gasteiger partial charge in [-0.15, -0.1) is 0 Å². The Kier molecular flexibility index (Phi) is 3.87. The lowest BCUT2D eigenvalue weighted by Gasteiger charge is -2.20. The number of nitrogens with zero attached hydrogens (tertiary/aromatic N) is 2. The molecule has 0 radical (unpaired) electrons. The maximum atomic E-state index is 12.6. The summed E-state index contributed by atoms with van der Waals surface area (Å²) in [5.74, 6) is -0.107. The number of hydrogen-bond acceptors (Lipinski definition) is 3. The van der Waals surface area contributed by atoms with Gasteiger partial charge in [-0.25, -0.2) is 0 Å². The number of para-hydroxylation sites is 1. The lowest BCUT2D eigenvalue weighted by molar-refractivity contribution is -0.118. The third kappa shape index (κ3) is 2.83. The number of anilines is 2. The number of carbonyl (C=O) groups is 2. The Bertz CT molecular complexity index is 713. The standard InChI is InChI=1S/C17H17N3O2/c1-12(21)19-15-4-2-3-14-7-10-20(17(14)15)16(22)11-13-5-8-18-9-6-13/h2-6,8-9H,7,10-11H2,1H3,(H,19,21). The summed E-state index contributed by atoms with van der Waals surface area (Å²) in [7, 11) is 0. The molecule has 22 heavy (non-hydrogen) atoms. The molecule has 0 unspecified atom stereocenters. The minimum atomic E-state index is -0.137. The van der Waals surface area contributed by atoms with Crippen molar-refractivity contribution in [2.45, 2.75) is 19.8 Å². The van der Waals surface area contributed by atoms with E-state index in [2.05, 4.69) is 10.3 Å². The summed E-state index contributed by atoms with van der Waals surface area (Å²) >= 11 is 0. The summed E-state index contributed by atoms with van der Waals surface area (Å²) < 4.78 is 0. The van der Waals surface area contributed by atoms with Crippen LogP contribution in [0.4, 0.5) is 11.4 Å². The van der Waals surface area contributed by atoms with E-state index in [9.17, 15) is 9.59 Å². The van der Waals surface area contributed by atoms with Crippen molar-refractivity contribution in [3.05, 3.63) is 53.9 Å². The van der Waals surface area contributed by atoms with E-state index in [0.29, 0.717) is 18.7 Å². The van der Waals surface area contributed by atoms with Gasteiger partial charge in [0.15, 0.2) is 0 Å². The molecule has 0 aliphatic carbocycles. The van der Waals surface area contributed by atoms with Gasteiger partial charge in [-0.3, -0.25) is 14.6 Å². The average Bonchev–Trinajstić information content (AvgIpc) is 2.93. The van der Waals surface area contributed by atoms with Crippen molar-refractivity contribution in [2.24, 2.45) is 0 Å². The molecule has 1 aliphatic rings. The summed E-state index contributed by atoms with van der Waals surface area (Å²) in [6, 6.07) is 9.42. The van der Waals surface area contributed by atoms with Crippen LogP contribution >= 0.6 is 0 Å². The highest BCUT2D eigenvalue weighted by atomic mass is 16.2. The Morgan fingerprint density at radius 2 is 2.00 bits per heavy atom. The van der Waals surface area contributed by atoms with E-state index in [1.807, 2.05) is 30.3 Å². The topological polar surface area (TPSA) is 62.3 Å². The van der Waals surface area contributed by atoms with Crippen LogP contribution in [-0.2, 0) is 22.4 Å². The summed E-state index contributed by atoms with van der Waals surface area (Å²) in [6.45, 7) is 2.12. The van der Waals surface area contributed by atoms with Gasteiger partial charge in [0.05, 0.1) is 17.8 Å². The quantitative estimate of drug-likeness (QED) is 0.944. The van der Waals surface area contributed by atoms with Crippen molar-refractivity contribution in [3.8, 4) is 0 Å². The number of nitrogens with one attached hydrogen (secondary N) is 1. The fourth-order valence-corrected chi connectivity index (χ4v) is 2.77. The molecular weight excluding hydrogens is 278 g/mol. The van der Waals surface area contributed by atoms with Gasteiger partial charge in [-0.1, -0.05) is 12.1 Å². The zero-order chi connectivity index (χ0) is 15.5. The van der Waals surface area contributed by atoms with Crippen LogP contribution in [0.2, 0.25) is 0 Å². The fraction of sp³-hybridized carbons (Fsp3) is 0.235. The lowest BCUT2D eigenvalue weighted by atomic mass is 10.1. The number of benzene rings is 1. The van der Waals surface area contributed by atoms with Crippen LogP contribution in [0.3, 0.4) is 0 Å². The zero-order valence-electron chi connectivity index (χ0n) is 12.4. The largest absolute Gasteiger partial charge is 0.325 e. The maximum Gasteiger partial charge on any atom is 0.231 e. The summed E-state index contributed by atoms with van der Waals surface area (Å²) in [4.78, 5) is 29.7. The predicted octanol–water partition coefficient (Wildman–Crippen LogP) is 2.17. The predicted molar refractivity (Wildman–Crippen MR) is 84.7 cm³/mol. The number of pyridine rings is 1. The monoisotopic (exact) mass is 295 g/mol. The molecule has 2 aromatic rings. The van der Waals surface area contributed by atoms with Crippen LogP contribution in [0.15, 0.2) is 42.7 Å². The van der Waals surface area contributed by atoms with E-state index in [1.165, 1.54) is 6.92 Å². The zero-order valence-corrected chi connectivity index (χ0v) is 12.4. The van der Waals surface area contributed by atoms with Crippen LogP contribution in [0.5, 0.6) is 0 Å². The summed E-state index contributed by atoms with van der Waals surface area (Å²) in [5.41, 5.74) is 3.56. The Morgan fingerprint density at radius 3 is 2.73 bits per heavy atom. The van der Waals surface area contributed by atoms with E-state index >= 15 is 0 Å². The number of aromatic nitrogens is 1. The smallest absolute Gasteiger partial charge is 0.231 e. The van der Waals surface area contributed by atoms with Crippen LogP contribution in [0.1, 0.15) is 18.1 Å². The Balaban J connectivity index is 1.87. The highest BCUT2D eigenvalue weighted by Gasteiger charge is 2.27. The second kappa shape index (κ2) is 5.97. The SMILES string of the molecule is CC(=O)Nc1cccc2c1N(C(=O)Cc1ccncc1)CC2. The molecular formula is C17H17N3O2. The fourth-order valence-electron chi connectivity index (χ4n) is 2.77. The molecule has 1 aromatic carbocycles. The van der Waals surface area contributed by atoms with Crippen molar-refractivity contribution in [3.63, 3.8) is 0 Å². The minimum absolute atomic E-state index is 0.0303. The number of fused-ring (bicyclic) bond motifs is 1. The van der Waals surface area contributed by atoms with Crippen LogP contribution in [0.25, 0.3) is 0 Å². The molecule has 3 rings (SSSR count). The molecule has 0 saturated carbocycles. The Labute approximate surface area is 129 Å². The second-order valence-electron chi connectivity index (χ2n) is 5.32. The van der Waals surface area contributed by atoms with Gasteiger partial charge in [0.25, 0.3) is 0 Å². The highest BCUT2D eigenvalue weighted by molar-refractivity contribution is 6.03. The van der Waals surface area contributed by atoms with Crippen molar-refractivity contribution in [1.29, 1.82) is 0 Å². The highest BCUT2D eigenvalue weighted by Crippen LogP contribution is 2.35. The first kappa shape index (κ1) is 14.3.